The summed E-state index contributed by atoms with van der Waals surface area (Å²) in [5.41, 5.74) is 25.3. The Morgan fingerprint density at radius 3 is 1.57 bits per heavy atom. The number of aliphatic imine (C=N–C) groups is 1. The van der Waals surface area contributed by atoms with E-state index in [2.05, 4.69) is 67.8 Å². The van der Waals surface area contributed by atoms with Crippen molar-refractivity contribution in [2.45, 2.75) is 152 Å². The number of guanidine groups is 1. The third-order valence-corrected chi connectivity index (χ3v) is 14.8. The molecule has 0 unspecified atom stereocenters. The predicted molar refractivity (Wildman–Crippen MR) is 340 cm³/mol. The number of para-hydroxylation sites is 1. The van der Waals surface area contributed by atoms with Crippen molar-refractivity contribution in [1.82, 2.24) is 62.8 Å². The molecule has 2 heterocycles. The number of fused-ring (bicyclic) bond motifs is 1. The lowest BCUT2D eigenvalue weighted by atomic mass is 10.0. The zero-order chi connectivity index (χ0) is 68.0. The number of imidazole rings is 1. The zero-order valence-corrected chi connectivity index (χ0v) is 51.8. The molecule has 0 aliphatic carbocycles. The number of nitrogens with one attached hydrogen (secondary N) is 11. The van der Waals surface area contributed by atoms with Gasteiger partial charge in [0.15, 0.2) is 5.96 Å². The first kappa shape index (κ1) is 73.3. The number of primary amides is 1. The Morgan fingerprint density at radius 1 is 0.538 bits per heavy atom. The minimum Gasteiger partial charge on any atom is -0.508 e. The van der Waals surface area contributed by atoms with Crippen LogP contribution in [-0.4, -0.2) is 175 Å². The number of phenolic OH excluding ortho intramolecular Hbond substituents is 1. The molecule has 10 amide bonds. The molecule has 0 fully saturated rings. The Balaban J connectivity index is 1.41. The summed E-state index contributed by atoms with van der Waals surface area (Å²) in [4.78, 5) is 166. The van der Waals surface area contributed by atoms with Crippen LogP contribution in [-0.2, 0) is 78.4 Å². The number of amides is 10. The number of hydrogen-bond acceptors (Lipinski definition) is 16. The van der Waals surface area contributed by atoms with Crippen molar-refractivity contribution in [3.05, 3.63) is 120 Å². The van der Waals surface area contributed by atoms with Crippen molar-refractivity contribution < 1.29 is 68.1 Å². The van der Waals surface area contributed by atoms with E-state index in [-0.39, 0.29) is 75.3 Å². The van der Waals surface area contributed by atoms with Gasteiger partial charge in [0.1, 0.15) is 60.1 Å². The molecule has 9 atom stereocenters. The third kappa shape index (κ3) is 24.7. The van der Waals surface area contributed by atoms with Gasteiger partial charge in [-0.3, -0.25) is 57.7 Å². The number of nitrogens with two attached hydrogens (primary N) is 4. The zero-order valence-electron chi connectivity index (χ0n) is 51.8. The van der Waals surface area contributed by atoms with Gasteiger partial charge in [-0.1, -0.05) is 80.4 Å². The van der Waals surface area contributed by atoms with Gasteiger partial charge in [-0.25, -0.2) is 4.98 Å². The molecule has 31 heteroatoms. The number of unbranched alkanes of at least 4 members (excludes halogenated alkanes) is 2. The maximum Gasteiger partial charge on any atom is 0.305 e. The van der Waals surface area contributed by atoms with E-state index in [1.54, 1.807) is 49.5 Å². The molecular formula is C62H85N17O14. The topological polar surface area (TPSA) is 518 Å². The highest BCUT2D eigenvalue weighted by atomic mass is 16.4. The Kier molecular flexibility index (Phi) is 29.7. The standard InChI is InChI=1S/C62H85N17O14/c1-3-4-16-44(74-61(93)51(33-80)79-56(88)46(71-35(2)81)27-37-20-22-40(82)23-21-37)54(86)78-50(30-52(83)84)60(92)77-49(29-39-32-67-34-70-39)59(91)75-47(26-36-13-6-5-7-14-36)57(89)73-45(19-12-25-68-62(65)66)55(87)76-48(28-38-31-69-42-17-9-8-15-41(38)42)58(90)72-43(53(64)85)18-10-11-24-63/h5-9,13-15,17,20-23,31-32,34,43-51,69,80,82H,3-4,10-12,16,18-19,24-30,33,63H2,1-2H3,(H2,64,85)(H,67,70)(H,71,81)(H,72,90)(H,73,89)(H,74,93)(H,75,91)(H,76,87)(H,77,92)(H,78,86)(H,79,88)(H,83,84)(H4,65,66,68)/t43-,44-,45-,46-,47+,48-,49-,50-,51-/m0/s1. The van der Waals surface area contributed by atoms with Crippen molar-refractivity contribution in [3.63, 3.8) is 0 Å². The summed E-state index contributed by atoms with van der Waals surface area (Å²) in [6.07, 6.45) is 4.29. The van der Waals surface area contributed by atoms with E-state index in [9.17, 15) is 68.1 Å². The van der Waals surface area contributed by atoms with Crippen LogP contribution in [0.3, 0.4) is 0 Å². The number of carbonyl (C=O) groups is 11. The second-order valence-electron chi connectivity index (χ2n) is 22.2. The Bertz CT molecular complexity index is 3340. The minimum absolute atomic E-state index is 0.00225. The normalized spacial score (nSPS) is 13.9. The van der Waals surface area contributed by atoms with Crippen molar-refractivity contribution in [3.8, 4) is 5.75 Å². The average Bonchev–Trinajstić information content (AvgIpc) is 1.84. The molecule has 3 aromatic carbocycles. The van der Waals surface area contributed by atoms with Gasteiger partial charge in [0.05, 0.1) is 19.4 Å². The number of aromatic nitrogens is 3. The van der Waals surface area contributed by atoms with Crippen LogP contribution in [0.15, 0.2) is 103 Å². The fraction of sp³-hybridized carbons (Fsp3) is 0.435. The summed E-state index contributed by atoms with van der Waals surface area (Å²) in [6, 6.07) is 7.89. The van der Waals surface area contributed by atoms with Crippen LogP contribution < -0.4 is 70.8 Å². The smallest absolute Gasteiger partial charge is 0.305 e. The average molecular weight is 1290 g/mol. The van der Waals surface area contributed by atoms with Crippen LogP contribution in [0, 0.1) is 0 Å². The van der Waals surface area contributed by atoms with Crippen LogP contribution in [0.1, 0.15) is 94.0 Å². The number of carbonyl (C=O) groups excluding carboxylic acids is 10. The fourth-order valence-corrected chi connectivity index (χ4v) is 9.92. The van der Waals surface area contributed by atoms with Crippen LogP contribution in [0.5, 0.6) is 5.75 Å². The summed E-state index contributed by atoms with van der Waals surface area (Å²) >= 11 is 0. The molecule has 93 heavy (non-hydrogen) atoms. The second kappa shape index (κ2) is 37.7. The van der Waals surface area contributed by atoms with Crippen molar-refractivity contribution in [2.75, 3.05) is 19.7 Å². The van der Waals surface area contributed by atoms with Gasteiger partial charge in [0, 0.05) is 68.1 Å². The minimum atomic E-state index is -1.93. The number of H-pyrrole nitrogens is 2. The molecule has 31 nitrogen and oxygen atoms in total. The number of aromatic hydroxyl groups is 1. The quantitative estimate of drug-likeness (QED) is 0.0110. The Labute approximate surface area is 536 Å². The van der Waals surface area contributed by atoms with Crippen LogP contribution in [0.4, 0.5) is 0 Å². The van der Waals surface area contributed by atoms with Gasteiger partial charge in [-0.05, 0) is 80.0 Å². The number of aromatic amines is 2. The maximum atomic E-state index is 14.9. The number of carboxylic acids is 1. The number of rotatable bonds is 40. The van der Waals surface area contributed by atoms with Gasteiger partial charge in [0.2, 0.25) is 59.1 Å². The lowest BCUT2D eigenvalue weighted by Gasteiger charge is -2.28. The monoisotopic (exact) mass is 1290 g/mol. The van der Waals surface area contributed by atoms with Crippen molar-refractivity contribution in [1.29, 1.82) is 0 Å². The Hall–Kier alpha value is -10.4. The van der Waals surface area contributed by atoms with Gasteiger partial charge in [-0.2, -0.15) is 0 Å². The molecular weight excluding hydrogens is 1210 g/mol. The molecule has 5 rings (SSSR count). The molecule has 0 aliphatic heterocycles. The first-order valence-corrected chi connectivity index (χ1v) is 30.4. The van der Waals surface area contributed by atoms with Gasteiger partial charge in [0.25, 0.3) is 0 Å². The lowest BCUT2D eigenvalue weighted by Crippen LogP contribution is -2.61. The van der Waals surface area contributed by atoms with Gasteiger partial charge in [-0.15, -0.1) is 0 Å². The third-order valence-electron chi connectivity index (χ3n) is 14.8. The SMILES string of the molecule is CCCC[C@H](NC(=O)[C@H](CO)NC(=O)[C@H](Cc1ccc(O)cc1)NC(C)=O)C(=O)N[C@@H](CC(=O)O)C(=O)N[C@@H](Cc1cnc[nH]1)C(=O)N[C@H](Cc1ccccc1)C(=O)N[C@@H](CCCN=C(N)N)C(=O)N[C@@H](Cc1c[nH]c2ccccc12)C(=O)N[C@@H](CCCCN)C(N)=O. The summed E-state index contributed by atoms with van der Waals surface area (Å²) in [5, 5.41) is 53.8. The molecule has 0 aliphatic rings. The molecule has 0 spiro atoms. The molecule has 22 N–H and O–H groups in total. The fourth-order valence-electron chi connectivity index (χ4n) is 9.92. The number of benzene rings is 3. The molecule has 0 saturated heterocycles. The van der Waals surface area contributed by atoms with Crippen LogP contribution in [0.2, 0.25) is 0 Å². The Morgan fingerprint density at radius 2 is 1.02 bits per heavy atom. The van der Waals surface area contributed by atoms with Crippen molar-refractivity contribution in [2.24, 2.45) is 27.9 Å². The number of phenols is 1. The highest BCUT2D eigenvalue weighted by molar-refractivity contribution is 5.99. The molecule has 502 valence electrons. The van der Waals surface area contributed by atoms with Gasteiger partial charge >= 0.3 is 5.97 Å². The van der Waals surface area contributed by atoms with E-state index < -0.39 is 132 Å². The molecule has 5 aromatic rings. The predicted octanol–water partition coefficient (Wildman–Crippen LogP) is -2.42. The first-order chi connectivity index (χ1) is 44.5. The number of aliphatic hydroxyl groups excluding tert-OH is 1. The lowest BCUT2D eigenvalue weighted by molar-refractivity contribution is -0.141. The maximum absolute atomic E-state index is 14.9. The van der Waals surface area contributed by atoms with E-state index in [1.807, 2.05) is 18.2 Å². The van der Waals surface area contributed by atoms with E-state index in [0.29, 0.717) is 48.9 Å². The number of carboxylic acid groups (broad SMARTS) is 1. The van der Waals surface area contributed by atoms with Crippen molar-refractivity contribution >= 4 is 81.9 Å². The summed E-state index contributed by atoms with van der Waals surface area (Å²) in [6.45, 7) is 2.29. The molecule has 0 bridgehead atoms. The number of aliphatic carboxylic acids is 1. The molecule has 2 aromatic heterocycles. The highest BCUT2D eigenvalue weighted by Gasteiger charge is 2.36. The van der Waals surface area contributed by atoms with E-state index in [4.69, 9.17) is 22.9 Å². The second-order valence-corrected chi connectivity index (χ2v) is 22.2. The summed E-state index contributed by atoms with van der Waals surface area (Å²) in [7, 11) is 0. The molecule has 0 saturated carbocycles. The van der Waals surface area contributed by atoms with E-state index >= 15 is 0 Å². The summed E-state index contributed by atoms with van der Waals surface area (Å²) < 4.78 is 0. The number of aliphatic hydroxyl groups is 1. The molecule has 0 radical (unpaired) electrons. The summed E-state index contributed by atoms with van der Waals surface area (Å²) in [5.74, 6) is -11.1. The van der Waals surface area contributed by atoms with Crippen LogP contribution in [0.25, 0.3) is 10.9 Å². The van der Waals surface area contributed by atoms with E-state index in [1.165, 1.54) is 43.7 Å². The van der Waals surface area contributed by atoms with Gasteiger partial charge < -0.3 is 96.1 Å². The largest absolute Gasteiger partial charge is 0.508 e. The number of hydrogen-bond donors (Lipinski definition) is 18. The number of nitrogens with zero attached hydrogens (tertiary/aromatic N) is 2. The van der Waals surface area contributed by atoms with Crippen LogP contribution >= 0.6 is 0 Å². The first-order valence-electron chi connectivity index (χ1n) is 30.4. The van der Waals surface area contributed by atoms with E-state index in [0.717, 1.165) is 10.9 Å². The highest BCUT2D eigenvalue weighted by Crippen LogP contribution is 2.20.